The van der Waals surface area contributed by atoms with Crippen LogP contribution in [-0.4, -0.2) is 27.5 Å². The Morgan fingerprint density at radius 2 is 2.20 bits per heavy atom. The highest BCUT2D eigenvalue weighted by molar-refractivity contribution is 5.85. The van der Waals surface area contributed by atoms with Crippen molar-refractivity contribution < 1.29 is 9.18 Å². The molecule has 0 unspecified atom stereocenters. The molecule has 0 N–H and O–H groups in total. The Balaban J connectivity index is 2.61. The smallest absolute Gasteiger partial charge is 0.144 e. The van der Waals surface area contributed by atoms with E-state index in [9.17, 15) is 9.18 Å². The number of rotatable bonds is 4. The maximum absolute atomic E-state index is 12.0. The number of ketones is 1. The maximum atomic E-state index is 12.0. The van der Waals surface area contributed by atoms with E-state index < -0.39 is 6.67 Å². The molecule has 0 radical (unpaired) electrons. The van der Waals surface area contributed by atoms with Crippen LogP contribution >= 0.6 is 0 Å². The van der Waals surface area contributed by atoms with Gasteiger partial charge in [-0.05, 0) is 0 Å². The highest BCUT2D eigenvalue weighted by atomic mass is 18.2. The maximum Gasteiger partial charge on any atom is 0.144 e. The molecule has 0 spiro atoms. The lowest BCUT2D eigenvalue weighted by Crippen LogP contribution is -2.22. The van der Waals surface area contributed by atoms with Gasteiger partial charge in [0.15, 0.2) is 0 Å². The highest BCUT2D eigenvalue weighted by Crippen LogP contribution is 2.16. The zero-order chi connectivity index (χ0) is 11.5. The highest BCUT2D eigenvalue weighted by Gasteiger charge is 2.22. The number of Topliss-reactive ketones (excluding diaryl/α,β-unsaturated/α-hetero) is 1. The van der Waals surface area contributed by atoms with Crippen molar-refractivity contribution in [2.45, 2.75) is 33.7 Å². The zero-order valence-corrected chi connectivity index (χ0v) is 9.33. The van der Waals surface area contributed by atoms with Crippen LogP contribution in [-0.2, 0) is 17.8 Å². The number of carbonyl (C=O) groups is 1. The lowest BCUT2D eigenvalue weighted by atomic mass is 9.88. The van der Waals surface area contributed by atoms with Crippen molar-refractivity contribution in [3.05, 3.63) is 11.9 Å². The number of aromatic nitrogens is 3. The molecule has 0 saturated carbocycles. The van der Waals surface area contributed by atoms with Crippen LogP contribution in [0, 0.1) is 5.41 Å². The SMILES string of the molecule is CC(C)(C)C(=O)Cc1cn(CC[18F])nn1. The van der Waals surface area contributed by atoms with Gasteiger partial charge in [0.05, 0.1) is 18.7 Å². The first-order valence-electron chi connectivity index (χ1n) is 4.92. The van der Waals surface area contributed by atoms with Crippen molar-refractivity contribution in [3.8, 4) is 0 Å². The molecule has 1 aromatic heterocycles. The van der Waals surface area contributed by atoms with Crippen LogP contribution in [0.5, 0.6) is 0 Å². The molecule has 15 heavy (non-hydrogen) atoms. The van der Waals surface area contributed by atoms with Gasteiger partial charge in [-0.2, -0.15) is 0 Å². The van der Waals surface area contributed by atoms with Crippen LogP contribution < -0.4 is 0 Å². The predicted octanol–water partition coefficient (Wildman–Crippen LogP) is 1.41. The topological polar surface area (TPSA) is 47.8 Å². The second-order valence-electron chi connectivity index (χ2n) is 4.51. The second kappa shape index (κ2) is 4.51. The van der Waals surface area contributed by atoms with Gasteiger partial charge in [0, 0.05) is 11.6 Å². The Bertz CT molecular complexity index is 341. The number of aryl methyl sites for hydroxylation is 1. The van der Waals surface area contributed by atoms with Gasteiger partial charge in [0.2, 0.25) is 0 Å². The lowest BCUT2D eigenvalue weighted by molar-refractivity contribution is -0.125. The fourth-order valence-corrected chi connectivity index (χ4v) is 1.05. The summed E-state index contributed by atoms with van der Waals surface area (Å²) >= 11 is 0. The molecule has 0 aliphatic heterocycles. The molecule has 0 fully saturated rings. The Kier molecular flexibility index (Phi) is 3.55. The van der Waals surface area contributed by atoms with Gasteiger partial charge in [-0.3, -0.25) is 4.79 Å². The summed E-state index contributed by atoms with van der Waals surface area (Å²) in [4.78, 5) is 11.7. The van der Waals surface area contributed by atoms with Gasteiger partial charge >= 0.3 is 0 Å². The minimum absolute atomic E-state index is 0.106. The number of carbonyl (C=O) groups excluding carboxylic acids is 1. The normalized spacial score (nSPS) is 11.7. The molecule has 0 aliphatic rings. The molecule has 0 bridgehead atoms. The van der Waals surface area contributed by atoms with Crippen LogP contribution in [0.3, 0.4) is 0 Å². The zero-order valence-electron chi connectivity index (χ0n) is 9.33. The largest absolute Gasteiger partial charge is 0.299 e. The number of halogens is 1. The Hall–Kier alpha value is -1.26. The van der Waals surface area contributed by atoms with Crippen LogP contribution in [0.2, 0.25) is 0 Å². The molecule has 0 atom stereocenters. The standard InChI is InChI=1S/C10H16FN3O/c1-10(2,3)9(15)6-8-7-14(5-4-11)13-12-8/h7H,4-6H2,1-3H3/i11-1. The minimum Gasteiger partial charge on any atom is -0.299 e. The van der Waals surface area contributed by atoms with Crippen LogP contribution in [0.4, 0.5) is 4.39 Å². The molecular formula is C10H16FN3O. The molecule has 1 aromatic rings. The first-order valence-corrected chi connectivity index (χ1v) is 4.92. The van der Waals surface area contributed by atoms with Crippen LogP contribution in [0.1, 0.15) is 26.5 Å². The molecule has 0 amide bonds. The Morgan fingerprint density at radius 3 is 2.73 bits per heavy atom. The van der Waals surface area contributed by atoms with Gasteiger partial charge < -0.3 is 0 Å². The molecule has 5 heteroatoms. The van der Waals surface area contributed by atoms with Crippen LogP contribution in [0.15, 0.2) is 6.20 Å². The molecule has 0 aromatic carbocycles. The van der Waals surface area contributed by atoms with Crippen molar-refractivity contribution in [1.29, 1.82) is 0 Å². The molecule has 4 nitrogen and oxygen atoms in total. The van der Waals surface area contributed by atoms with Gasteiger partial charge in [-0.15, -0.1) is 5.10 Å². The van der Waals surface area contributed by atoms with Crippen molar-refractivity contribution in [2.24, 2.45) is 5.41 Å². The van der Waals surface area contributed by atoms with E-state index in [0.717, 1.165) is 0 Å². The van der Waals surface area contributed by atoms with Crippen molar-refractivity contribution in [2.75, 3.05) is 6.67 Å². The summed E-state index contributed by atoms with van der Waals surface area (Å²) in [5.74, 6) is 0.106. The molecule has 0 aliphatic carbocycles. The van der Waals surface area contributed by atoms with E-state index in [1.807, 2.05) is 20.8 Å². The summed E-state index contributed by atoms with van der Waals surface area (Å²) < 4.78 is 13.4. The summed E-state index contributed by atoms with van der Waals surface area (Å²) in [6.07, 6.45) is 1.87. The fourth-order valence-electron chi connectivity index (χ4n) is 1.05. The predicted molar refractivity (Wildman–Crippen MR) is 54.2 cm³/mol. The average Bonchev–Trinajstić information content (AvgIpc) is 2.51. The van der Waals surface area contributed by atoms with Gasteiger partial charge in [0.1, 0.15) is 12.5 Å². The van der Waals surface area contributed by atoms with Gasteiger partial charge in [0.25, 0.3) is 0 Å². The Labute approximate surface area is 88.5 Å². The van der Waals surface area contributed by atoms with E-state index in [1.165, 1.54) is 4.68 Å². The fraction of sp³-hybridized carbons (Fsp3) is 0.700. The number of alkyl halides is 1. The van der Waals surface area contributed by atoms with Crippen molar-refractivity contribution in [3.63, 3.8) is 0 Å². The molecule has 1 heterocycles. The van der Waals surface area contributed by atoms with Gasteiger partial charge in [-0.25, -0.2) is 9.07 Å². The second-order valence-corrected chi connectivity index (χ2v) is 4.51. The summed E-state index contributed by atoms with van der Waals surface area (Å²) in [6, 6.07) is 0. The third-order valence-corrected chi connectivity index (χ3v) is 2.08. The minimum atomic E-state index is -0.476. The van der Waals surface area contributed by atoms with E-state index >= 15 is 0 Å². The summed E-state index contributed by atoms with van der Waals surface area (Å²) in [7, 11) is 0. The number of nitrogens with zero attached hydrogens (tertiary/aromatic N) is 3. The first-order chi connectivity index (χ1) is 6.93. The van der Waals surface area contributed by atoms with E-state index in [0.29, 0.717) is 5.69 Å². The molecule has 1 rings (SSSR count). The average molecular weight is 212 g/mol. The number of hydrogen-bond donors (Lipinski definition) is 0. The Morgan fingerprint density at radius 1 is 1.53 bits per heavy atom. The summed E-state index contributed by atoms with van der Waals surface area (Å²) in [6.45, 7) is 5.30. The molecular weight excluding hydrogens is 196 g/mol. The summed E-state index contributed by atoms with van der Waals surface area (Å²) in [5.41, 5.74) is 0.229. The summed E-state index contributed by atoms with van der Waals surface area (Å²) in [5, 5.41) is 7.53. The molecule has 0 saturated heterocycles. The molecule has 84 valence electrons. The van der Waals surface area contributed by atoms with Gasteiger partial charge in [-0.1, -0.05) is 26.0 Å². The quantitative estimate of drug-likeness (QED) is 0.758. The van der Waals surface area contributed by atoms with E-state index in [2.05, 4.69) is 10.3 Å². The number of hydrogen-bond acceptors (Lipinski definition) is 3. The van der Waals surface area contributed by atoms with Crippen molar-refractivity contribution in [1.82, 2.24) is 15.0 Å². The van der Waals surface area contributed by atoms with E-state index in [-0.39, 0.29) is 24.2 Å². The third-order valence-electron chi connectivity index (χ3n) is 2.08. The third kappa shape index (κ3) is 3.42. The van der Waals surface area contributed by atoms with E-state index in [4.69, 9.17) is 0 Å². The van der Waals surface area contributed by atoms with E-state index in [1.54, 1.807) is 6.20 Å². The van der Waals surface area contributed by atoms with Crippen LogP contribution in [0.25, 0.3) is 0 Å². The monoisotopic (exact) mass is 212 g/mol. The lowest BCUT2D eigenvalue weighted by Gasteiger charge is -2.14. The first kappa shape index (κ1) is 11.8. The van der Waals surface area contributed by atoms with Crippen molar-refractivity contribution >= 4 is 5.78 Å².